The van der Waals surface area contributed by atoms with Gasteiger partial charge in [-0.15, -0.1) is 39.7 Å². The summed E-state index contributed by atoms with van der Waals surface area (Å²) in [4.78, 5) is 0. The first kappa shape index (κ1) is 24.0. The SMILES string of the molecule is CC(C)(C)c1cc[cH-]c1.[Cl-].[Cl-].[Ti+4].c1ccc2c(c1)[cH-]c1ccccc12. The molecule has 0 atom stereocenters. The van der Waals surface area contributed by atoms with E-state index in [0.717, 1.165) is 0 Å². The summed E-state index contributed by atoms with van der Waals surface area (Å²) < 4.78 is 0. The average molecular weight is 405 g/mol. The van der Waals surface area contributed by atoms with E-state index in [4.69, 9.17) is 0 Å². The van der Waals surface area contributed by atoms with Gasteiger partial charge in [0.2, 0.25) is 0 Å². The molecule has 0 saturated carbocycles. The Morgan fingerprint density at radius 2 is 1.20 bits per heavy atom. The van der Waals surface area contributed by atoms with Crippen LogP contribution in [-0.4, -0.2) is 0 Å². The largest absolute Gasteiger partial charge is 4.00 e. The summed E-state index contributed by atoms with van der Waals surface area (Å²) in [6.07, 6.45) is 0. The number of halogens is 2. The van der Waals surface area contributed by atoms with Crippen molar-refractivity contribution in [1.29, 1.82) is 0 Å². The molecule has 0 aliphatic carbocycles. The summed E-state index contributed by atoms with van der Waals surface area (Å²) in [6.45, 7) is 6.67. The first-order valence-electron chi connectivity index (χ1n) is 7.81. The monoisotopic (exact) mass is 404 g/mol. The standard InChI is InChI=1S/C13H9.C9H13.2ClH.Ti/c1-3-7-12-10(5-1)9-11-6-2-4-8-13(11)12;1-9(2,3)8-6-4-5-7-8;;;/h1-9H;4-7H,1-3H3;2*1H;/q2*-1;;;+4/p-2. The molecule has 0 fully saturated rings. The van der Waals surface area contributed by atoms with Crippen molar-refractivity contribution in [3.05, 3.63) is 84.4 Å². The van der Waals surface area contributed by atoms with Crippen LogP contribution in [0.1, 0.15) is 26.3 Å². The van der Waals surface area contributed by atoms with Crippen molar-refractivity contribution in [2.75, 3.05) is 0 Å². The molecule has 0 nitrogen and oxygen atoms in total. The van der Waals surface area contributed by atoms with E-state index in [1.807, 2.05) is 0 Å². The minimum atomic E-state index is 0. The van der Waals surface area contributed by atoms with Crippen molar-refractivity contribution in [2.45, 2.75) is 26.2 Å². The van der Waals surface area contributed by atoms with E-state index < -0.39 is 0 Å². The van der Waals surface area contributed by atoms with Gasteiger partial charge in [0.05, 0.1) is 0 Å². The maximum atomic E-state index is 2.24. The molecule has 4 aromatic rings. The zero-order valence-corrected chi connectivity index (χ0v) is 17.8. The Labute approximate surface area is 178 Å². The van der Waals surface area contributed by atoms with Gasteiger partial charge in [-0.1, -0.05) is 62.6 Å². The van der Waals surface area contributed by atoms with Crippen LogP contribution < -0.4 is 24.8 Å². The van der Waals surface area contributed by atoms with Gasteiger partial charge in [-0.05, 0) is 0 Å². The Morgan fingerprint density at radius 1 is 0.720 bits per heavy atom. The molecule has 25 heavy (non-hydrogen) atoms. The van der Waals surface area contributed by atoms with E-state index in [2.05, 4.69) is 99.6 Å². The molecule has 0 aromatic heterocycles. The van der Waals surface area contributed by atoms with E-state index in [1.165, 1.54) is 27.1 Å². The fraction of sp³-hybridized carbons (Fsp3) is 0.182. The first-order chi connectivity index (χ1) is 10.6. The molecule has 128 valence electrons. The Morgan fingerprint density at radius 3 is 1.56 bits per heavy atom. The first-order valence-corrected chi connectivity index (χ1v) is 7.81. The molecule has 0 unspecified atom stereocenters. The van der Waals surface area contributed by atoms with Gasteiger partial charge in [-0.3, -0.25) is 0 Å². The van der Waals surface area contributed by atoms with Crippen molar-refractivity contribution >= 4 is 21.5 Å². The maximum absolute atomic E-state index is 2.24. The maximum Gasteiger partial charge on any atom is 4.00 e. The molecule has 0 bridgehead atoms. The topological polar surface area (TPSA) is 0 Å². The van der Waals surface area contributed by atoms with Gasteiger partial charge >= 0.3 is 21.7 Å². The van der Waals surface area contributed by atoms with Gasteiger partial charge < -0.3 is 24.8 Å². The molecule has 4 aromatic carbocycles. The molecular formula is C22H22Cl2Ti. The second-order valence-electron chi connectivity index (χ2n) is 6.74. The molecule has 0 aliphatic rings. The fourth-order valence-electron chi connectivity index (χ4n) is 2.78. The molecule has 0 aliphatic heterocycles. The average Bonchev–Trinajstić information content (AvgIpc) is 3.15. The van der Waals surface area contributed by atoms with Crippen LogP contribution in [0.2, 0.25) is 0 Å². The van der Waals surface area contributed by atoms with Crippen molar-refractivity contribution in [3.8, 4) is 0 Å². The third-order valence-corrected chi connectivity index (χ3v) is 4.05. The van der Waals surface area contributed by atoms with Gasteiger partial charge in [0.15, 0.2) is 0 Å². The predicted molar refractivity (Wildman–Crippen MR) is 97.8 cm³/mol. The number of fused-ring (bicyclic) bond motifs is 3. The van der Waals surface area contributed by atoms with Gasteiger partial charge in [0.1, 0.15) is 0 Å². The Hall–Kier alpha value is -1.05. The predicted octanol–water partition coefficient (Wildman–Crippen LogP) is 0.420. The van der Waals surface area contributed by atoms with Gasteiger partial charge in [-0.2, -0.15) is 23.8 Å². The minimum Gasteiger partial charge on any atom is -1.00 e. The van der Waals surface area contributed by atoms with Gasteiger partial charge in [0, 0.05) is 0 Å². The van der Waals surface area contributed by atoms with Crippen LogP contribution in [-0.2, 0) is 27.1 Å². The van der Waals surface area contributed by atoms with Crippen molar-refractivity contribution in [1.82, 2.24) is 0 Å². The summed E-state index contributed by atoms with van der Waals surface area (Å²) in [5.41, 5.74) is 1.74. The fourth-order valence-corrected chi connectivity index (χ4v) is 2.78. The van der Waals surface area contributed by atoms with Gasteiger partial charge in [-0.25, -0.2) is 6.07 Å². The molecule has 0 amide bonds. The van der Waals surface area contributed by atoms with Crippen LogP contribution in [0.4, 0.5) is 0 Å². The summed E-state index contributed by atoms with van der Waals surface area (Å²) in [7, 11) is 0. The summed E-state index contributed by atoms with van der Waals surface area (Å²) >= 11 is 0. The Bertz CT molecular complexity index is 817. The van der Waals surface area contributed by atoms with E-state index >= 15 is 0 Å². The Kier molecular flexibility index (Phi) is 9.76. The van der Waals surface area contributed by atoms with E-state index in [9.17, 15) is 0 Å². The quantitative estimate of drug-likeness (QED) is 0.294. The molecule has 0 heterocycles. The zero-order chi connectivity index (χ0) is 15.6. The summed E-state index contributed by atoms with van der Waals surface area (Å²) in [6, 6.07) is 27.8. The third-order valence-electron chi connectivity index (χ3n) is 4.05. The van der Waals surface area contributed by atoms with Crippen LogP contribution in [0.25, 0.3) is 21.5 Å². The second-order valence-corrected chi connectivity index (χ2v) is 6.74. The normalized spacial score (nSPS) is 10.0. The number of hydrogen-bond acceptors (Lipinski definition) is 0. The number of rotatable bonds is 0. The van der Waals surface area contributed by atoms with Crippen LogP contribution in [0.5, 0.6) is 0 Å². The van der Waals surface area contributed by atoms with Crippen LogP contribution >= 0.6 is 0 Å². The van der Waals surface area contributed by atoms with E-state index in [0.29, 0.717) is 5.41 Å². The molecule has 0 radical (unpaired) electrons. The molecular weight excluding hydrogens is 383 g/mol. The molecule has 0 spiro atoms. The molecule has 3 heteroatoms. The van der Waals surface area contributed by atoms with Crippen molar-refractivity contribution in [2.24, 2.45) is 0 Å². The van der Waals surface area contributed by atoms with Crippen LogP contribution in [0.15, 0.2) is 78.9 Å². The van der Waals surface area contributed by atoms with Crippen molar-refractivity contribution < 1.29 is 46.5 Å². The summed E-state index contributed by atoms with van der Waals surface area (Å²) in [5, 5.41) is 5.39. The molecule has 0 saturated heterocycles. The minimum absolute atomic E-state index is 0. The number of hydrogen-bond donors (Lipinski definition) is 0. The third kappa shape index (κ3) is 5.73. The van der Waals surface area contributed by atoms with Crippen LogP contribution in [0, 0.1) is 0 Å². The molecule has 4 rings (SSSR count). The van der Waals surface area contributed by atoms with Gasteiger partial charge in [0.25, 0.3) is 0 Å². The zero-order valence-electron chi connectivity index (χ0n) is 14.8. The number of benzene rings is 2. The Balaban J connectivity index is 0.000000435. The van der Waals surface area contributed by atoms with Crippen LogP contribution in [0.3, 0.4) is 0 Å². The summed E-state index contributed by atoms with van der Waals surface area (Å²) in [5.74, 6) is 0. The van der Waals surface area contributed by atoms with E-state index in [1.54, 1.807) is 0 Å². The van der Waals surface area contributed by atoms with E-state index in [-0.39, 0.29) is 46.5 Å². The smallest absolute Gasteiger partial charge is 1.00 e. The molecule has 0 N–H and O–H groups in total. The van der Waals surface area contributed by atoms with Crippen molar-refractivity contribution in [3.63, 3.8) is 0 Å². The second kappa shape index (κ2) is 10.2.